The maximum absolute atomic E-state index is 12.3. The summed E-state index contributed by atoms with van der Waals surface area (Å²) in [5.41, 5.74) is 2.20. The number of aryl methyl sites for hydroxylation is 1. The molecule has 162 valence electrons. The second-order valence-corrected chi connectivity index (χ2v) is 7.64. The Morgan fingerprint density at radius 2 is 2.00 bits per heavy atom. The predicted octanol–water partition coefficient (Wildman–Crippen LogP) is 3.32. The summed E-state index contributed by atoms with van der Waals surface area (Å²) in [4.78, 5) is 38.1. The smallest absolute Gasteiger partial charge is 0.262 e. The van der Waals surface area contributed by atoms with Crippen LogP contribution >= 0.6 is 11.6 Å². The van der Waals surface area contributed by atoms with Crippen molar-refractivity contribution >= 4 is 40.7 Å². The summed E-state index contributed by atoms with van der Waals surface area (Å²) in [6.07, 6.45) is 1.77. The van der Waals surface area contributed by atoms with Gasteiger partial charge >= 0.3 is 0 Å². The molecule has 0 bridgehead atoms. The highest BCUT2D eigenvalue weighted by atomic mass is 35.5. The lowest BCUT2D eigenvalue weighted by atomic mass is 10.1. The highest BCUT2D eigenvalue weighted by molar-refractivity contribution is 6.31. The van der Waals surface area contributed by atoms with Crippen LogP contribution < -0.4 is 20.3 Å². The molecular weight excluding hydrogens is 418 g/mol. The summed E-state index contributed by atoms with van der Waals surface area (Å²) in [5.74, 6) is -0.470. The zero-order valence-corrected chi connectivity index (χ0v) is 17.9. The van der Waals surface area contributed by atoms with Gasteiger partial charge in [0.2, 0.25) is 11.8 Å². The Morgan fingerprint density at radius 3 is 2.68 bits per heavy atom. The number of hydrogen-bond acceptors (Lipinski definition) is 4. The van der Waals surface area contributed by atoms with E-state index in [1.165, 1.54) is 0 Å². The fraction of sp³-hybridized carbons (Fsp3) is 0.261. The molecule has 0 aliphatic carbocycles. The first-order valence-electron chi connectivity index (χ1n) is 9.85. The van der Waals surface area contributed by atoms with Crippen molar-refractivity contribution < 1.29 is 19.1 Å². The van der Waals surface area contributed by atoms with E-state index in [9.17, 15) is 14.4 Å². The van der Waals surface area contributed by atoms with Crippen LogP contribution in [-0.2, 0) is 14.4 Å². The summed E-state index contributed by atoms with van der Waals surface area (Å²) in [5, 5.41) is 6.03. The van der Waals surface area contributed by atoms with Crippen LogP contribution in [0.4, 0.5) is 11.4 Å². The average molecular weight is 442 g/mol. The van der Waals surface area contributed by atoms with E-state index < -0.39 is 0 Å². The predicted molar refractivity (Wildman–Crippen MR) is 120 cm³/mol. The Kier molecular flexibility index (Phi) is 7.31. The zero-order chi connectivity index (χ0) is 22.4. The van der Waals surface area contributed by atoms with Crippen molar-refractivity contribution in [1.29, 1.82) is 0 Å². The van der Waals surface area contributed by atoms with Gasteiger partial charge in [0.05, 0.1) is 5.92 Å². The van der Waals surface area contributed by atoms with Crippen molar-refractivity contribution in [2.45, 2.75) is 13.3 Å². The minimum atomic E-state index is -0.387. The number of rotatable bonds is 8. The molecule has 0 aromatic heterocycles. The third kappa shape index (κ3) is 5.86. The van der Waals surface area contributed by atoms with Gasteiger partial charge in [-0.2, -0.15) is 0 Å². The number of nitrogens with zero attached hydrogens (tertiary/aromatic N) is 1. The molecule has 1 atom stereocenters. The molecule has 2 aromatic carbocycles. The van der Waals surface area contributed by atoms with Gasteiger partial charge in [-0.25, -0.2) is 0 Å². The molecule has 1 fully saturated rings. The molecule has 1 saturated heterocycles. The van der Waals surface area contributed by atoms with Crippen molar-refractivity contribution in [2.75, 3.05) is 29.9 Å². The summed E-state index contributed by atoms with van der Waals surface area (Å²) in [6.45, 7) is 5.98. The highest BCUT2D eigenvalue weighted by Crippen LogP contribution is 2.27. The van der Waals surface area contributed by atoms with E-state index in [4.69, 9.17) is 16.3 Å². The lowest BCUT2D eigenvalue weighted by molar-refractivity contribution is -0.126. The molecule has 0 radical (unpaired) electrons. The largest absolute Gasteiger partial charge is 0.484 e. The molecule has 0 saturated carbocycles. The van der Waals surface area contributed by atoms with Crippen molar-refractivity contribution in [1.82, 2.24) is 5.32 Å². The van der Waals surface area contributed by atoms with Crippen LogP contribution in [0.1, 0.15) is 12.0 Å². The monoisotopic (exact) mass is 441 g/mol. The molecule has 2 aromatic rings. The first kappa shape index (κ1) is 22.4. The number of carbonyl (C=O) groups excluding carboxylic acids is 3. The number of halogens is 1. The molecule has 0 spiro atoms. The molecule has 1 aliphatic rings. The Bertz CT molecular complexity index is 991. The Hall–Kier alpha value is -3.32. The Balaban J connectivity index is 1.52. The van der Waals surface area contributed by atoms with Crippen LogP contribution in [-0.4, -0.2) is 37.4 Å². The van der Waals surface area contributed by atoms with Crippen molar-refractivity contribution in [3.8, 4) is 5.75 Å². The van der Waals surface area contributed by atoms with Gasteiger partial charge in [-0.15, -0.1) is 6.58 Å². The second-order valence-electron chi connectivity index (χ2n) is 7.23. The number of anilines is 2. The van der Waals surface area contributed by atoms with Gasteiger partial charge in [-0.1, -0.05) is 23.7 Å². The maximum Gasteiger partial charge on any atom is 0.262 e. The molecule has 8 heteroatoms. The highest BCUT2D eigenvalue weighted by Gasteiger charge is 2.34. The summed E-state index contributed by atoms with van der Waals surface area (Å²) < 4.78 is 5.52. The van der Waals surface area contributed by atoms with Crippen LogP contribution in [0.3, 0.4) is 0 Å². The number of hydrogen-bond donors (Lipinski definition) is 2. The molecule has 3 rings (SSSR count). The maximum atomic E-state index is 12.3. The van der Waals surface area contributed by atoms with Gasteiger partial charge in [-0.05, 0) is 48.9 Å². The zero-order valence-electron chi connectivity index (χ0n) is 17.2. The lowest BCUT2D eigenvalue weighted by Gasteiger charge is -2.17. The topological polar surface area (TPSA) is 87.7 Å². The molecular formula is C23H24ClN3O4. The first-order valence-corrected chi connectivity index (χ1v) is 10.2. The molecule has 7 nitrogen and oxygen atoms in total. The van der Waals surface area contributed by atoms with E-state index in [0.717, 1.165) is 5.56 Å². The fourth-order valence-corrected chi connectivity index (χ4v) is 3.37. The molecule has 1 heterocycles. The standard InChI is InChI=1S/C23H24ClN3O4/c1-3-10-25-23(30)16-11-22(29)27(13-16)18-6-8-19(9-7-18)31-14-21(28)26-17-5-4-15(2)20(24)12-17/h3-9,12,16H,1,10-11,13-14H2,2H3,(H,25,30)(H,26,28)/t16-/m1/s1. The number of amides is 3. The van der Waals surface area contributed by atoms with Gasteiger partial charge in [0, 0.05) is 35.9 Å². The third-order valence-corrected chi connectivity index (χ3v) is 5.30. The number of benzene rings is 2. The number of ether oxygens (including phenoxy) is 1. The van der Waals surface area contributed by atoms with E-state index in [-0.39, 0.29) is 36.7 Å². The molecule has 2 N–H and O–H groups in total. The summed E-state index contributed by atoms with van der Waals surface area (Å²) in [6, 6.07) is 12.1. The minimum Gasteiger partial charge on any atom is -0.484 e. The van der Waals surface area contributed by atoms with E-state index in [2.05, 4.69) is 17.2 Å². The van der Waals surface area contributed by atoms with E-state index in [1.54, 1.807) is 47.4 Å². The molecule has 31 heavy (non-hydrogen) atoms. The van der Waals surface area contributed by atoms with Crippen LogP contribution in [0.25, 0.3) is 0 Å². The quantitative estimate of drug-likeness (QED) is 0.615. The average Bonchev–Trinajstić information content (AvgIpc) is 3.15. The van der Waals surface area contributed by atoms with Crippen molar-refractivity contribution in [3.05, 3.63) is 65.7 Å². The van der Waals surface area contributed by atoms with Crippen LogP contribution in [0, 0.1) is 12.8 Å². The SMILES string of the molecule is C=CCNC(=O)[C@@H]1CC(=O)N(c2ccc(OCC(=O)Nc3ccc(C)c(Cl)c3)cc2)C1. The minimum absolute atomic E-state index is 0.108. The molecule has 1 aliphatic heterocycles. The fourth-order valence-electron chi connectivity index (χ4n) is 3.19. The first-order chi connectivity index (χ1) is 14.9. The van der Waals surface area contributed by atoms with E-state index >= 15 is 0 Å². The van der Waals surface area contributed by atoms with Crippen LogP contribution in [0.2, 0.25) is 5.02 Å². The third-order valence-electron chi connectivity index (χ3n) is 4.89. The Morgan fingerprint density at radius 1 is 1.26 bits per heavy atom. The lowest BCUT2D eigenvalue weighted by Crippen LogP contribution is -2.32. The Labute approximate surface area is 186 Å². The van der Waals surface area contributed by atoms with Gasteiger partial charge < -0.3 is 20.3 Å². The van der Waals surface area contributed by atoms with Crippen LogP contribution in [0.5, 0.6) is 5.75 Å². The number of carbonyl (C=O) groups is 3. The van der Waals surface area contributed by atoms with Gasteiger partial charge in [0.25, 0.3) is 5.91 Å². The molecule has 3 amide bonds. The van der Waals surface area contributed by atoms with Gasteiger partial charge in [0.15, 0.2) is 6.61 Å². The number of nitrogens with one attached hydrogen (secondary N) is 2. The molecule has 0 unspecified atom stereocenters. The normalized spacial score (nSPS) is 15.5. The summed E-state index contributed by atoms with van der Waals surface area (Å²) in [7, 11) is 0. The second kappa shape index (κ2) is 10.1. The summed E-state index contributed by atoms with van der Waals surface area (Å²) >= 11 is 6.06. The van der Waals surface area contributed by atoms with Crippen molar-refractivity contribution in [3.63, 3.8) is 0 Å². The van der Waals surface area contributed by atoms with Gasteiger partial charge in [0.1, 0.15) is 5.75 Å². The van der Waals surface area contributed by atoms with Crippen LogP contribution in [0.15, 0.2) is 55.1 Å². The van der Waals surface area contributed by atoms with E-state index in [1.807, 2.05) is 13.0 Å². The van der Waals surface area contributed by atoms with E-state index in [0.29, 0.717) is 35.2 Å². The van der Waals surface area contributed by atoms with Gasteiger partial charge in [-0.3, -0.25) is 14.4 Å². The van der Waals surface area contributed by atoms with Crippen molar-refractivity contribution in [2.24, 2.45) is 5.92 Å².